The topological polar surface area (TPSA) is 9.23 Å². The molecule has 25 heavy (non-hydrogen) atoms. The summed E-state index contributed by atoms with van der Waals surface area (Å²) in [4.78, 5) is 0. The molecule has 140 valence electrons. The van der Waals surface area contributed by atoms with Gasteiger partial charge in [-0.1, -0.05) is 63.8 Å². The Morgan fingerprint density at radius 3 is 2.00 bits per heavy atom. The summed E-state index contributed by atoms with van der Waals surface area (Å²) >= 11 is 0. The lowest BCUT2D eigenvalue weighted by atomic mass is 9.76. The minimum absolute atomic E-state index is 0.503. The summed E-state index contributed by atoms with van der Waals surface area (Å²) < 4.78 is 5.99. The zero-order chi connectivity index (χ0) is 17.5. The molecule has 3 rings (SSSR count). The first kappa shape index (κ1) is 19.0. The van der Waals surface area contributed by atoms with Crippen LogP contribution in [-0.2, 0) is 4.74 Å². The maximum Gasteiger partial charge on any atom is 0.0573 e. The Labute approximate surface area is 155 Å². The second kappa shape index (κ2) is 9.76. The molecule has 0 aromatic heterocycles. The van der Waals surface area contributed by atoms with Crippen LogP contribution in [0.5, 0.6) is 0 Å². The maximum atomic E-state index is 5.99. The highest BCUT2D eigenvalue weighted by Crippen LogP contribution is 2.38. The summed E-state index contributed by atoms with van der Waals surface area (Å²) in [5.74, 6) is 2.43. The van der Waals surface area contributed by atoms with Gasteiger partial charge in [-0.2, -0.15) is 0 Å². The molecule has 2 atom stereocenters. The number of unbranched alkanes of at least 4 members (excludes halogenated alkanes) is 2. The van der Waals surface area contributed by atoms with Crippen molar-refractivity contribution in [1.82, 2.24) is 0 Å². The SMILES string of the molecule is CCCCCC1CCC(c2ccc(C3CCC(CC)OC3)cc2)CC1. The molecule has 1 saturated heterocycles. The van der Waals surface area contributed by atoms with E-state index in [0.29, 0.717) is 12.0 Å². The number of rotatable bonds is 7. The van der Waals surface area contributed by atoms with Gasteiger partial charge in [0.1, 0.15) is 0 Å². The summed E-state index contributed by atoms with van der Waals surface area (Å²) in [5, 5.41) is 0. The van der Waals surface area contributed by atoms with Crippen LogP contribution >= 0.6 is 0 Å². The second-order valence-corrected chi connectivity index (χ2v) is 8.52. The quantitative estimate of drug-likeness (QED) is 0.475. The van der Waals surface area contributed by atoms with Crippen LogP contribution in [0.15, 0.2) is 24.3 Å². The van der Waals surface area contributed by atoms with E-state index in [1.165, 1.54) is 69.8 Å². The largest absolute Gasteiger partial charge is 0.378 e. The molecule has 1 aromatic rings. The van der Waals surface area contributed by atoms with Gasteiger partial charge >= 0.3 is 0 Å². The van der Waals surface area contributed by atoms with Gasteiger partial charge in [0.05, 0.1) is 12.7 Å². The van der Waals surface area contributed by atoms with Crippen LogP contribution in [0.1, 0.15) is 107 Å². The fourth-order valence-corrected chi connectivity index (χ4v) is 4.90. The third-order valence-electron chi connectivity index (χ3n) is 6.77. The standard InChI is InChI=1S/C24H38O/c1-3-5-6-7-19-8-10-20(11-9-19)21-12-14-22(15-13-21)23-16-17-24(4-2)25-18-23/h12-15,19-20,23-24H,3-11,16-18H2,1-2H3. The molecule has 1 aliphatic carbocycles. The van der Waals surface area contributed by atoms with Crippen molar-refractivity contribution >= 4 is 0 Å². The molecule has 1 nitrogen and oxygen atoms in total. The molecule has 2 fully saturated rings. The van der Waals surface area contributed by atoms with Crippen LogP contribution in [0.25, 0.3) is 0 Å². The second-order valence-electron chi connectivity index (χ2n) is 8.52. The van der Waals surface area contributed by atoms with Crippen LogP contribution < -0.4 is 0 Å². The molecule has 1 aliphatic heterocycles. The molecule has 2 unspecified atom stereocenters. The molecule has 0 radical (unpaired) electrons. The highest BCUT2D eigenvalue weighted by atomic mass is 16.5. The van der Waals surface area contributed by atoms with Crippen molar-refractivity contribution in [2.75, 3.05) is 6.61 Å². The van der Waals surface area contributed by atoms with Crippen LogP contribution in [0.3, 0.4) is 0 Å². The van der Waals surface area contributed by atoms with Gasteiger partial charge in [0.25, 0.3) is 0 Å². The van der Waals surface area contributed by atoms with Gasteiger partial charge in [0.15, 0.2) is 0 Å². The third-order valence-corrected chi connectivity index (χ3v) is 6.77. The minimum atomic E-state index is 0.503. The molecule has 0 amide bonds. The van der Waals surface area contributed by atoms with Crippen molar-refractivity contribution in [3.05, 3.63) is 35.4 Å². The predicted molar refractivity (Wildman–Crippen MR) is 107 cm³/mol. The highest BCUT2D eigenvalue weighted by molar-refractivity contribution is 5.28. The number of benzene rings is 1. The van der Waals surface area contributed by atoms with Crippen molar-refractivity contribution in [3.8, 4) is 0 Å². The zero-order valence-corrected chi connectivity index (χ0v) is 16.5. The first-order chi connectivity index (χ1) is 12.3. The van der Waals surface area contributed by atoms with Gasteiger partial charge in [0.2, 0.25) is 0 Å². The first-order valence-corrected chi connectivity index (χ1v) is 11.0. The smallest absolute Gasteiger partial charge is 0.0573 e. The van der Waals surface area contributed by atoms with Gasteiger partial charge in [0, 0.05) is 5.92 Å². The number of ether oxygens (including phenoxy) is 1. The molecule has 1 heterocycles. The van der Waals surface area contributed by atoms with Crippen molar-refractivity contribution in [2.24, 2.45) is 5.92 Å². The summed E-state index contributed by atoms with van der Waals surface area (Å²) in [5.41, 5.74) is 3.07. The van der Waals surface area contributed by atoms with Gasteiger partial charge in [-0.05, 0) is 67.9 Å². The van der Waals surface area contributed by atoms with E-state index in [9.17, 15) is 0 Å². The first-order valence-electron chi connectivity index (χ1n) is 11.0. The van der Waals surface area contributed by atoms with Crippen LogP contribution in [0, 0.1) is 5.92 Å². The van der Waals surface area contributed by atoms with E-state index in [2.05, 4.69) is 38.1 Å². The summed E-state index contributed by atoms with van der Waals surface area (Å²) in [6.45, 7) is 5.46. The Morgan fingerprint density at radius 2 is 1.44 bits per heavy atom. The van der Waals surface area contributed by atoms with E-state index >= 15 is 0 Å². The average Bonchev–Trinajstić information content (AvgIpc) is 2.69. The van der Waals surface area contributed by atoms with E-state index in [4.69, 9.17) is 4.74 Å². The van der Waals surface area contributed by atoms with Crippen molar-refractivity contribution in [1.29, 1.82) is 0 Å². The Hall–Kier alpha value is -0.820. The lowest BCUT2D eigenvalue weighted by Crippen LogP contribution is -2.24. The third kappa shape index (κ3) is 5.33. The minimum Gasteiger partial charge on any atom is -0.378 e. The van der Waals surface area contributed by atoms with E-state index < -0.39 is 0 Å². The molecule has 1 saturated carbocycles. The van der Waals surface area contributed by atoms with Gasteiger partial charge < -0.3 is 4.74 Å². The van der Waals surface area contributed by atoms with E-state index in [1.807, 2.05) is 0 Å². The predicted octanol–water partition coefficient (Wildman–Crippen LogP) is 7.21. The lowest BCUT2D eigenvalue weighted by Gasteiger charge is -2.30. The fraction of sp³-hybridized carbons (Fsp3) is 0.750. The molecular weight excluding hydrogens is 304 g/mol. The van der Waals surface area contributed by atoms with Crippen molar-refractivity contribution in [2.45, 2.75) is 102 Å². The fourth-order valence-electron chi connectivity index (χ4n) is 4.90. The molecule has 1 heteroatoms. The Kier molecular flexibility index (Phi) is 7.40. The summed E-state index contributed by atoms with van der Waals surface area (Å²) in [6.07, 6.45) is 15.6. The zero-order valence-electron chi connectivity index (χ0n) is 16.5. The molecular formula is C24H38O. The van der Waals surface area contributed by atoms with Gasteiger partial charge in [-0.3, -0.25) is 0 Å². The summed E-state index contributed by atoms with van der Waals surface area (Å²) in [7, 11) is 0. The Bertz CT molecular complexity index is 475. The normalized spacial score (nSPS) is 30.3. The molecule has 2 aliphatic rings. The number of hydrogen-bond acceptors (Lipinski definition) is 1. The number of hydrogen-bond donors (Lipinski definition) is 0. The molecule has 0 bridgehead atoms. The Balaban J connectivity index is 1.47. The van der Waals surface area contributed by atoms with Crippen LogP contribution in [0.2, 0.25) is 0 Å². The van der Waals surface area contributed by atoms with Crippen molar-refractivity contribution < 1.29 is 4.74 Å². The van der Waals surface area contributed by atoms with E-state index in [0.717, 1.165) is 24.9 Å². The van der Waals surface area contributed by atoms with Gasteiger partial charge in [-0.25, -0.2) is 0 Å². The molecule has 0 N–H and O–H groups in total. The monoisotopic (exact) mass is 342 g/mol. The van der Waals surface area contributed by atoms with E-state index in [-0.39, 0.29) is 0 Å². The van der Waals surface area contributed by atoms with Crippen LogP contribution in [-0.4, -0.2) is 12.7 Å². The molecule has 1 aromatic carbocycles. The molecule has 0 spiro atoms. The average molecular weight is 343 g/mol. The summed E-state index contributed by atoms with van der Waals surface area (Å²) in [6, 6.07) is 9.62. The lowest BCUT2D eigenvalue weighted by molar-refractivity contribution is 0.00203. The Morgan fingerprint density at radius 1 is 0.800 bits per heavy atom. The van der Waals surface area contributed by atoms with Crippen molar-refractivity contribution in [3.63, 3.8) is 0 Å². The van der Waals surface area contributed by atoms with E-state index in [1.54, 1.807) is 5.56 Å². The van der Waals surface area contributed by atoms with Crippen LogP contribution in [0.4, 0.5) is 0 Å². The highest BCUT2D eigenvalue weighted by Gasteiger charge is 2.24. The maximum absolute atomic E-state index is 5.99. The van der Waals surface area contributed by atoms with Gasteiger partial charge in [-0.15, -0.1) is 0 Å².